The molecule has 3 aromatic carbocycles. The van der Waals surface area contributed by atoms with Gasteiger partial charge < -0.3 is 10.1 Å². The number of hydrogen-bond acceptors (Lipinski definition) is 3. The zero-order valence-electron chi connectivity index (χ0n) is 16.2. The summed E-state index contributed by atoms with van der Waals surface area (Å²) in [4.78, 5) is 14.3. The van der Waals surface area contributed by atoms with Crippen molar-refractivity contribution in [3.05, 3.63) is 101 Å². The van der Waals surface area contributed by atoms with E-state index in [0.717, 1.165) is 28.1 Å². The maximum absolute atomic E-state index is 12.9. The van der Waals surface area contributed by atoms with Crippen molar-refractivity contribution in [1.82, 2.24) is 9.71 Å². The fourth-order valence-electron chi connectivity index (χ4n) is 3.60. The second kappa shape index (κ2) is 8.55. The van der Waals surface area contributed by atoms with E-state index in [1.54, 1.807) is 6.07 Å². The Bertz CT molecular complexity index is 1360. The van der Waals surface area contributed by atoms with Crippen molar-refractivity contribution in [3.8, 4) is 0 Å². The van der Waals surface area contributed by atoms with E-state index in [0.29, 0.717) is 5.02 Å². The highest BCUT2D eigenvalue weighted by atomic mass is 35.5. The van der Waals surface area contributed by atoms with Gasteiger partial charge in [0, 0.05) is 34.6 Å². The number of H-pyrrole nitrogens is 1. The van der Waals surface area contributed by atoms with Gasteiger partial charge in [0.15, 0.2) is 0 Å². The first-order valence-corrected chi connectivity index (χ1v) is 11.4. The molecule has 1 heterocycles. The molecule has 0 saturated carbocycles. The van der Waals surface area contributed by atoms with Gasteiger partial charge in [-0.1, -0.05) is 54.1 Å². The van der Waals surface area contributed by atoms with Crippen LogP contribution in [-0.2, 0) is 10.0 Å². The predicted octanol–water partition coefficient (Wildman–Crippen LogP) is 4.63. The third kappa shape index (κ3) is 4.34. The van der Waals surface area contributed by atoms with Gasteiger partial charge in [0.05, 0.1) is 10.5 Å². The standard InChI is InChI=1S/C23H19ClN2O4S/c24-21-10-3-1-8-17(21)20(19-13-25-22-11-4-2-9-18(19)22)14-26-31(29,30)16-7-5-6-15(12-16)23(27)28/h1-13,20,25-26H,14H2,(H,27,28). The lowest BCUT2D eigenvalue weighted by molar-refractivity contribution is 0.0696. The number of carbonyl (C=O) groups is 1. The molecule has 158 valence electrons. The van der Waals surface area contributed by atoms with Crippen molar-refractivity contribution in [2.24, 2.45) is 0 Å². The third-order valence-electron chi connectivity index (χ3n) is 5.15. The molecule has 0 saturated heterocycles. The van der Waals surface area contributed by atoms with Gasteiger partial charge in [-0.2, -0.15) is 0 Å². The Labute approximate surface area is 184 Å². The number of nitrogens with one attached hydrogen (secondary N) is 2. The molecule has 0 spiro atoms. The Hall–Kier alpha value is -3.13. The molecule has 4 rings (SSSR count). The Morgan fingerprint density at radius 2 is 1.74 bits per heavy atom. The lowest BCUT2D eigenvalue weighted by atomic mass is 9.91. The van der Waals surface area contributed by atoms with Crippen molar-refractivity contribution in [1.29, 1.82) is 0 Å². The minimum Gasteiger partial charge on any atom is -0.478 e. The normalized spacial score (nSPS) is 12.7. The van der Waals surface area contributed by atoms with E-state index in [1.807, 2.05) is 48.7 Å². The van der Waals surface area contributed by atoms with Crippen molar-refractivity contribution in [2.75, 3.05) is 6.54 Å². The van der Waals surface area contributed by atoms with Gasteiger partial charge in [0.2, 0.25) is 10.0 Å². The van der Waals surface area contributed by atoms with E-state index in [9.17, 15) is 13.2 Å². The van der Waals surface area contributed by atoms with E-state index >= 15 is 0 Å². The monoisotopic (exact) mass is 454 g/mol. The predicted molar refractivity (Wildman–Crippen MR) is 120 cm³/mol. The molecule has 0 bridgehead atoms. The van der Waals surface area contributed by atoms with Crippen LogP contribution in [0, 0.1) is 0 Å². The molecule has 0 fully saturated rings. The number of rotatable bonds is 7. The van der Waals surface area contributed by atoms with Gasteiger partial charge in [0.1, 0.15) is 0 Å². The lowest BCUT2D eigenvalue weighted by Gasteiger charge is -2.19. The molecule has 4 aromatic rings. The van der Waals surface area contributed by atoms with E-state index in [1.165, 1.54) is 18.2 Å². The smallest absolute Gasteiger partial charge is 0.335 e. The largest absolute Gasteiger partial charge is 0.478 e. The third-order valence-corrected chi connectivity index (χ3v) is 6.91. The number of hydrogen-bond donors (Lipinski definition) is 3. The maximum atomic E-state index is 12.9. The highest BCUT2D eigenvalue weighted by molar-refractivity contribution is 7.89. The Morgan fingerprint density at radius 3 is 2.52 bits per heavy atom. The fraction of sp³-hybridized carbons (Fsp3) is 0.0870. The average molecular weight is 455 g/mol. The lowest BCUT2D eigenvalue weighted by Crippen LogP contribution is -2.29. The van der Waals surface area contributed by atoms with Crippen LogP contribution in [0.1, 0.15) is 27.4 Å². The minimum atomic E-state index is -3.94. The molecule has 6 nitrogen and oxygen atoms in total. The van der Waals surface area contributed by atoms with Crippen molar-refractivity contribution in [2.45, 2.75) is 10.8 Å². The van der Waals surface area contributed by atoms with Crippen LogP contribution in [0.3, 0.4) is 0 Å². The maximum Gasteiger partial charge on any atom is 0.335 e. The van der Waals surface area contributed by atoms with Gasteiger partial charge >= 0.3 is 5.97 Å². The first kappa shape index (κ1) is 21.1. The topological polar surface area (TPSA) is 99.3 Å². The highest BCUT2D eigenvalue weighted by Gasteiger charge is 2.24. The molecule has 0 aliphatic carbocycles. The highest BCUT2D eigenvalue weighted by Crippen LogP contribution is 2.34. The van der Waals surface area contributed by atoms with Crippen molar-refractivity contribution < 1.29 is 18.3 Å². The van der Waals surface area contributed by atoms with Crippen LogP contribution in [0.25, 0.3) is 10.9 Å². The van der Waals surface area contributed by atoms with Crippen LogP contribution in [0.5, 0.6) is 0 Å². The molecular weight excluding hydrogens is 436 g/mol. The number of para-hydroxylation sites is 1. The van der Waals surface area contributed by atoms with Crippen LogP contribution >= 0.6 is 11.6 Å². The molecule has 8 heteroatoms. The summed E-state index contributed by atoms with van der Waals surface area (Å²) in [5.41, 5.74) is 2.54. The summed E-state index contributed by atoms with van der Waals surface area (Å²) in [6.07, 6.45) is 1.86. The summed E-state index contributed by atoms with van der Waals surface area (Å²) in [5.74, 6) is -1.55. The number of aromatic carboxylic acids is 1. The minimum absolute atomic E-state index is 0.0468. The van der Waals surface area contributed by atoms with Crippen LogP contribution in [0.4, 0.5) is 0 Å². The zero-order chi connectivity index (χ0) is 22.0. The van der Waals surface area contributed by atoms with Crippen LogP contribution in [0.2, 0.25) is 5.02 Å². The number of fused-ring (bicyclic) bond motifs is 1. The first-order chi connectivity index (χ1) is 14.9. The molecule has 3 N–H and O–H groups in total. The number of aromatic nitrogens is 1. The molecular formula is C23H19ClN2O4S. The second-order valence-electron chi connectivity index (χ2n) is 7.05. The number of sulfonamides is 1. The summed E-state index contributed by atoms with van der Waals surface area (Å²) < 4.78 is 28.5. The first-order valence-electron chi connectivity index (χ1n) is 9.50. The summed E-state index contributed by atoms with van der Waals surface area (Å²) >= 11 is 6.46. The Morgan fingerprint density at radius 1 is 1.00 bits per heavy atom. The number of carboxylic acids is 1. The summed E-state index contributed by atoms with van der Waals surface area (Å²) in [5, 5.41) is 10.7. The SMILES string of the molecule is O=C(O)c1cccc(S(=O)(=O)NCC(c2ccccc2Cl)c2c[nH]c3ccccc23)c1. The number of carboxylic acid groups (broad SMARTS) is 1. The molecule has 1 aromatic heterocycles. The molecule has 0 radical (unpaired) electrons. The van der Waals surface area contributed by atoms with Gasteiger partial charge in [0.25, 0.3) is 0 Å². The van der Waals surface area contributed by atoms with Gasteiger partial charge in [-0.05, 0) is 41.5 Å². The van der Waals surface area contributed by atoms with E-state index in [-0.39, 0.29) is 22.9 Å². The number of halogens is 1. The van der Waals surface area contributed by atoms with Crippen LogP contribution in [-0.4, -0.2) is 31.0 Å². The molecule has 0 aliphatic heterocycles. The van der Waals surface area contributed by atoms with Crippen LogP contribution < -0.4 is 4.72 Å². The second-order valence-corrected chi connectivity index (χ2v) is 9.22. The fourth-order valence-corrected chi connectivity index (χ4v) is 4.96. The summed E-state index contributed by atoms with van der Waals surface area (Å²) in [6, 6.07) is 20.3. The quantitative estimate of drug-likeness (QED) is 0.379. The Balaban J connectivity index is 1.71. The van der Waals surface area contributed by atoms with E-state index < -0.39 is 16.0 Å². The molecule has 0 amide bonds. The number of aromatic amines is 1. The van der Waals surface area contributed by atoms with Crippen molar-refractivity contribution in [3.63, 3.8) is 0 Å². The van der Waals surface area contributed by atoms with E-state index in [2.05, 4.69) is 9.71 Å². The summed E-state index contributed by atoms with van der Waals surface area (Å²) in [7, 11) is -3.94. The van der Waals surface area contributed by atoms with Gasteiger partial charge in [-0.25, -0.2) is 17.9 Å². The van der Waals surface area contributed by atoms with Crippen molar-refractivity contribution >= 4 is 38.5 Å². The number of benzene rings is 3. The zero-order valence-corrected chi connectivity index (χ0v) is 17.8. The summed E-state index contributed by atoms with van der Waals surface area (Å²) in [6.45, 7) is 0.0468. The average Bonchev–Trinajstić information content (AvgIpc) is 3.19. The Kier molecular flexibility index (Phi) is 5.82. The molecule has 1 unspecified atom stereocenters. The van der Waals surface area contributed by atoms with Crippen LogP contribution in [0.15, 0.2) is 83.9 Å². The van der Waals surface area contributed by atoms with E-state index in [4.69, 9.17) is 16.7 Å². The molecule has 31 heavy (non-hydrogen) atoms. The van der Waals surface area contributed by atoms with Gasteiger partial charge in [-0.3, -0.25) is 0 Å². The molecule has 0 aliphatic rings. The molecule has 1 atom stereocenters. The van der Waals surface area contributed by atoms with Gasteiger partial charge in [-0.15, -0.1) is 0 Å².